The van der Waals surface area contributed by atoms with Crippen LogP contribution in [0.25, 0.3) is 6.08 Å². The molecule has 3 N–H and O–H groups in total. The number of ether oxygens (including phenoxy) is 1. The topological polar surface area (TPSA) is 107 Å². The number of carbonyl (C=O) groups excluding carboxylic acids is 1. The van der Waals surface area contributed by atoms with Gasteiger partial charge in [-0.3, -0.25) is 4.79 Å². The quantitative estimate of drug-likeness (QED) is 0.184. The minimum absolute atomic E-state index is 0.0424. The number of thioether (sulfide) groups is 1. The van der Waals surface area contributed by atoms with E-state index in [2.05, 4.69) is 20.7 Å². The Bertz CT molecular complexity index is 1000. The molecule has 0 aliphatic heterocycles. The molecule has 0 unspecified atom stereocenters. The van der Waals surface area contributed by atoms with Crippen LogP contribution in [-0.4, -0.2) is 39.7 Å². The van der Waals surface area contributed by atoms with Crippen molar-refractivity contribution in [1.29, 1.82) is 0 Å². The van der Waals surface area contributed by atoms with Gasteiger partial charge in [0.05, 0.1) is 12.9 Å². The van der Waals surface area contributed by atoms with Gasteiger partial charge in [-0.15, -0.1) is 10.2 Å². The van der Waals surface area contributed by atoms with Gasteiger partial charge in [0.1, 0.15) is 5.75 Å². The van der Waals surface area contributed by atoms with E-state index >= 15 is 0 Å². The molecule has 8 nitrogen and oxygen atoms in total. The molecule has 3 aromatic rings. The molecule has 0 saturated heterocycles. The Morgan fingerprint density at radius 1 is 1.21 bits per heavy atom. The minimum atomic E-state index is -0.0424. The monoisotopic (exact) mass is 408 g/mol. The summed E-state index contributed by atoms with van der Waals surface area (Å²) in [5.41, 5.74) is 4.38. The van der Waals surface area contributed by atoms with Gasteiger partial charge in [-0.25, -0.2) is 10.1 Å². The summed E-state index contributed by atoms with van der Waals surface area (Å²) in [5.74, 6) is 7.08. The first-order valence-electron chi connectivity index (χ1n) is 8.68. The Kier molecular flexibility index (Phi) is 7.01. The predicted molar refractivity (Wildman–Crippen MR) is 116 cm³/mol. The fourth-order valence-corrected chi connectivity index (χ4v) is 3.05. The van der Waals surface area contributed by atoms with E-state index in [1.165, 1.54) is 16.4 Å². The number of nitrogens with two attached hydrogens (primary N) is 1. The Balaban J connectivity index is 1.51. The number of nitrogens with one attached hydrogen (secondary N) is 1. The summed E-state index contributed by atoms with van der Waals surface area (Å²) < 4.78 is 6.34. The van der Waals surface area contributed by atoms with Crippen LogP contribution >= 0.6 is 11.8 Å². The second-order valence-corrected chi connectivity index (χ2v) is 6.72. The van der Waals surface area contributed by atoms with Gasteiger partial charge in [0.25, 0.3) is 5.95 Å². The molecule has 0 fully saturated rings. The van der Waals surface area contributed by atoms with E-state index in [-0.39, 0.29) is 17.5 Å². The number of nitrogen functional groups attached to an aromatic ring is 1. The summed E-state index contributed by atoms with van der Waals surface area (Å²) >= 11 is 1.20. The zero-order chi connectivity index (χ0) is 20.5. The first-order valence-corrected chi connectivity index (χ1v) is 9.67. The number of rotatable bonds is 9. The van der Waals surface area contributed by atoms with Crippen LogP contribution in [0.1, 0.15) is 15.9 Å². The van der Waals surface area contributed by atoms with Crippen LogP contribution in [0.4, 0.5) is 5.95 Å². The number of benzene rings is 2. The second kappa shape index (κ2) is 10.1. The molecule has 0 aliphatic rings. The van der Waals surface area contributed by atoms with E-state index in [9.17, 15) is 4.79 Å². The van der Waals surface area contributed by atoms with Crippen LogP contribution in [0.2, 0.25) is 0 Å². The number of hydrogen-bond donors (Lipinski definition) is 2. The van der Waals surface area contributed by atoms with Crippen molar-refractivity contribution < 1.29 is 9.53 Å². The molecular weight excluding hydrogens is 388 g/mol. The molecule has 0 aliphatic carbocycles. The molecule has 0 bridgehead atoms. The molecule has 0 radical (unpaired) electrons. The number of anilines is 1. The van der Waals surface area contributed by atoms with Gasteiger partial charge in [0.15, 0.2) is 5.78 Å². The second-order valence-electron chi connectivity index (χ2n) is 5.78. The van der Waals surface area contributed by atoms with Gasteiger partial charge in [-0.2, -0.15) is 5.10 Å². The molecule has 3 rings (SSSR count). The van der Waals surface area contributed by atoms with E-state index in [0.717, 1.165) is 5.56 Å². The highest BCUT2D eigenvalue weighted by Gasteiger charge is 2.13. The number of aromatic nitrogens is 3. The largest absolute Gasteiger partial charge is 0.497 e. The van der Waals surface area contributed by atoms with Gasteiger partial charge in [0, 0.05) is 11.8 Å². The highest BCUT2D eigenvalue weighted by atomic mass is 32.2. The maximum atomic E-state index is 12.3. The van der Waals surface area contributed by atoms with Gasteiger partial charge < -0.3 is 10.6 Å². The van der Waals surface area contributed by atoms with Crippen molar-refractivity contribution in [3.8, 4) is 5.75 Å². The predicted octanol–water partition coefficient (Wildman–Crippen LogP) is 3.09. The number of Topliss-reactive ketones (excluding diaryl/α,β-unsaturated/α-hetero) is 1. The van der Waals surface area contributed by atoms with Gasteiger partial charge in [-0.1, -0.05) is 48.2 Å². The van der Waals surface area contributed by atoms with Crippen molar-refractivity contribution in [2.45, 2.75) is 5.16 Å². The number of ketones is 1. The van der Waals surface area contributed by atoms with E-state index in [1.54, 1.807) is 43.7 Å². The van der Waals surface area contributed by atoms with Crippen molar-refractivity contribution in [2.75, 3.05) is 24.1 Å². The van der Waals surface area contributed by atoms with Crippen molar-refractivity contribution >= 4 is 35.8 Å². The lowest BCUT2D eigenvalue weighted by molar-refractivity contribution is 0.102. The lowest BCUT2D eigenvalue weighted by atomic mass is 10.1. The minimum Gasteiger partial charge on any atom is -0.497 e. The number of nitrogens with zero attached hydrogens (tertiary/aromatic N) is 4. The van der Waals surface area contributed by atoms with Crippen molar-refractivity contribution in [3.63, 3.8) is 0 Å². The van der Waals surface area contributed by atoms with Crippen LogP contribution in [0.3, 0.4) is 0 Å². The lowest BCUT2D eigenvalue weighted by Crippen LogP contribution is -2.14. The molecular formula is C20H20N6O2S. The Labute approximate surface area is 172 Å². The molecule has 0 saturated carbocycles. The summed E-state index contributed by atoms with van der Waals surface area (Å²) in [6.07, 6.45) is 5.30. The third-order valence-corrected chi connectivity index (χ3v) is 4.77. The van der Waals surface area contributed by atoms with E-state index in [4.69, 9.17) is 10.6 Å². The van der Waals surface area contributed by atoms with E-state index in [0.29, 0.717) is 16.5 Å². The fraction of sp³-hybridized carbons (Fsp3) is 0.100. The molecule has 2 aromatic carbocycles. The highest BCUT2D eigenvalue weighted by molar-refractivity contribution is 7.99. The standard InChI is InChI=1S/C20H20N6O2S/c1-28-17-11-9-16(10-12-17)18(27)14-29-20-25-24-19(26(20)21)23-22-13-5-8-15-6-3-2-4-7-15/h2-13H,14,21H2,1H3,(H,23,24)/b8-5+,22-13+. The van der Waals surface area contributed by atoms with E-state index < -0.39 is 0 Å². The lowest BCUT2D eigenvalue weighted by Gasteiger charge is -2.04. The van der Waals surface area contributed by atoms with Crippen LogP contribution in [0, 0.1) is 0 Å². The third kappa shape index (κ3) is 5.69. The summed E-state index contributed by atoms with van der Waals surface area (Å²) in [6.45, 7) is 0. The average molecular weight is 408 g/mol. The van der Waals surface area contributed by atoms with Crippen molar-refractivity contribution in [1.82, 2.24) is 14.9 Å². The average Bonchev–Trinajstić information content (AvgIpc) is 3.12. The molecule has 148 valence electrons. The Morgan fingerprint density at radius 3 is 2.69 bits per heavy atom. The Hall–Kier alpha value is -3.59. The number of carbonyl (C=O) groups is 1. The summed E-state index contributed by atoms with van der Waals surface area (Å²) in [5, 5.41) is 12.4. The zero-order valence-corrected chi connectivity index (χ0v) is 16.5. The summed E-state index contributed by atoms with van der Waals surface area (Å²) in [4.78, 5) is 12.3. The van der Waals surface area contributed by atoms with Crippen molar-refractivity contribution in [3.05, 3.63) is 71.8 Å². The maximum Gasteiger partial charge on any atom is 0.264 e. The van der Waals surface area contributed by atoms with Crippen LogP contribution in [0.15, 0.2) is 70.9 Å². The SMILES string of the molecule is COc1ccc(C(=O)CSc2nnc(N/N=C/C=C/c3ccccc3)n2N)cc1. The molecule has 9 heteroatoms. The van der Waals surface area contributed by atoms with Crippen LogP contribution in [-0.2, 0) is 0 Å². The first-order chi connectivity index (χ1) is 14.2. The fourth-order valence-electron chi connectivity index (χ4n) is 2.30. The van der Waals surface area contributed by atoms with Crippen LogP contribution in [0.5, 0.6) is 5.75 Å². The molecule has 1 heterocycles. The number of allylic oxidation sites excluding steroid dienone is 1. The Morgan fingerprint density at radius 2 is 1.97 bits per heavy atom. The number of methoxy groups -OCH3 is 1. The van der Waals surface area contributed by atoms with E-state index in [1.807, 2.05) is 36.4 Å². The molecule has 1 aromatic heterocycles. The zero-order valence-electron chi connectivity index (χ0n) is 15.7. The first kappa shape index (κ1) is 20.2. The molecule has 0 atom stereocenters. The normalized spacial score (nSPS) is 11.2. The number of hydrazone groups is 1. The summed E-state index contributed by atoms with van der Waals surface area (Å²) in [7, 11) is 1.58. The van der Waals surface area contributed by atoms with Gasteiger partial charge in [-0.05, 0) is 35.9 Å². The van der Waals surface area contributed by atoms with Crippen LogP contribution < -0.4 is 16.0 Å². The maximum absolute atomic E-state index is 12.3. The highest BCUT2D eigenvalue weighted by Crippen LogP contribution is 2.19. The molecule has 0 amide bonds. The van der Waals surface area contributed by atoms with Crippen molar-refractivity contribution in [2.24, 2.45) is 5.10 Å². The third-order valence-electron chi connectivity index (χ3n) is 3.82. The molecule has 0 spiro atoms. The smallest absolute Gasteiger partial charge is 0.264 e. The van der Waals surface area contributed by atoms with Gasteiger partial charge in [0.2, 0.25) is 5.16 Å². The van der Waals surface area contributed by atoms with Gasteiger partial charge >= 0.3 is 0 Å². The summed E-state index contributed by atoms with van der Waals surface area (Å²) in [6, 6.07) is 16.8. The molecule has 29 heavy (non-hydrogen) atoms. The number of hydrogen-bond acceptors (Lipinski definition) is 8.